The Hall–Kier alpha value is -0.940. The van der Waals surface area contributed by atoms with Gasteiger partial charge in [-0.3, -0.25) is 0 Å². The van der Waals surface area contributed by atoms with Gasteiger partial charge in [0.1, 0.15) is 0 Å². The fraction of sp³-hybridized carbons (Fsp3) is 0.143. The topological polar surface area (TPSA) is 46.2 Å². The van der Waals surface area contributed by atoms with Crippen LogP contribution in [0.1, 0.15) is 5.56 Å². The molecule has 2 rings (SSSR count). The number of sulfone groups is 1. The summed E-state index contributed by atoms with van der Waals surface area (Å²) in [5.74, 6) is 0. The molecule has 0 atom stereocenters. The number of hydrogen-bond donors (Lipinski definition) is 1. The van der Waals surface area contributed by atoms with Crippen LogP contribution in [-0.4, -0.2) is 14.7 Å². The van der Waals surface area contributed by atoms with E-state index in [1.807, 2.05) is 0 Å². The van der Waals surface area contributed by atoms with Gasteiger partial charge in [-0.2, -0.15) is 0 Å². The van der Waals surface area contributed by atoms with Crippen LogP contribution in [0, 0.1) is 0 Å². The summed E-state index contributed by atoms with van der Waals surface area (Å²) >= 11 is 18.0. The van der Waals surface area contributed by atoms with E-state index in [1.54, 1.807) is 30.3 Å². The maximum absolute atomic E-state index is 11.8. The highest BCUT2D eigenvalue weighted by molar-refractivity contribution is 7.90. The maximum atomic E-state index is 11.8. The number of hydrogen-bond acceptors (Lipinski definition) is 3. The van der Waals surface area contributed by atoms with Gasteiger partial charge >= 0.3 is 0 Å². The van der Waals surface area contributed by atoms with E-state index >= 15 is 0 Å². The van der Waals surface area contributed by atoms with Gasteiger partial charge in [-0.25, -0.2) is 8.42 Å². The van der Waals surface area contributed by atoms with Crippen LogP contribution < -0.4 is 5.32 Å². The Morgan fingerprint density at radius 3 is 2.38 bits per heavy atom. The van der Waals surface area contributed by atoms with Crippen LogP contribution in [0.25, 0.3) is 0 Å². The maximum Gasteiger partial charge on any atom is 0.175 e. The molecule has 0 heterocycles. The second-order valence-corrected chi connectivity index (χ2v) is 7.70. The fourth-order valence-corrected chi connectivity index (χ4v) is 3.60. The van der Waals surface area contributed by atoms with Gasteiger partial charge < -0.3 is 5.32 Å². The van der Waals surface area contributed by atoms with Crippen molar-refractivity contribution >= 4 is 50.3 Å². The van der Waals surface area contributed by atoms with E-state index in [0.717, 1.165) is 6.26 Å². The molecule has 2 aromatic carbocycles. The first kappa shape index (κ1) is 16.4. The Balaban J connectivity index is 2.32. The number of benzene rings is 2. The lowest BCUT2D eigenvalue weighted by molar-refractivity contribution is 0.601. The first-order valence-corrected chi connectivity index (χ1v) is 8.98. The second-order valence-electron chi connectivity index (χ2n) is 4.47. The van der Waals surface area contributed by atoms with Gasteiger partial charge in [-0.05, 0) is 30.3 Å². The molecule has 0 aromatic heterocycles. The molecule has 0 saturated heterocycles. The van der Waals surface area contributed by atoms with Crippen LogP contribution >= 0.6 is 34.8 Å². The molecule has 0 fully saturated rings. The molecule has 0 amide bonds. The first-order chi connectivity index (χ1) is 9.79. The third kappa shape index (κ3) is 4.04. The van der Waals surface area contributed by atoms with E-state index in [2.05, 4.69) is 5.32 Å². The molecule has 0 radical (unpaired) electrons. The van der Waals surface area contributed by atoms with Crippen molar-refractivity contribution in [3.05, 3.63) is 57.0 Å². The molecule has 0 aliphatic carbocycles. The van der Waals surface area contributed by atoms with Crippen LogP contribution in [0.3, 0.4) is 0 Å². The Morgan fingerprint density at radius 2 is 1.76 bits per heavy atom. The average Bonchev–Trinajstić information content (AvgIpc) is 2.37. The van der Waals surface area contributed by atoms with Gasteiger partial charge in [0.15, 0.2) is 9.84 Å². The van der Waals surface area contributed by atoms with E-state index in [-0.39, 0.29) is 11.4 Å². The first-order valence-electron chi connectivity index (χ1n) is 5.95. The van der Waals surface area contributed by atoms with Gasteiger partial charge in [-0.15, -0.1) is 0 Å². The number of anilines is 1. The van der Waals surface area contributed by atoms with Crippen LogP contribution in [0.15, 0.2) is 41.3 Å². The third-order valence-electron chi connectivity index (χ3n) is 2.86. The SMILES string of the molecule is CS(=O)(=O)c1cccc(Cl)c1CNc1ccc(Cl)cc1Cl. The zero-order chi connectivity index (χ0) is 15.6. The summed E-state index contributed by atoms with van der Waals surface area (Å²) in [5, 5.41) is 4.44. The molecule has 0 unspecified atom stereocenters. The lowest BCUT2D eigenvalue weighted by Gasteiger charge is -2.13. The standard InChI is InChI=1S/C14H12Cl3NO2S/c1-21(19,20)14-4-2-3-11(16)10(14)8-18-13-6-5-9(15)7-12(13)17/h2-7,18H,8H2,1H3. The number of halogens is 3. The summed E-state index contributed by atoms with van der Waals surface area (Å²) in [6, 6.07) is 9.81. The molecule has 0 aliphatic heterocycles. The monoisotopic (exact) mass is 363 g/mol. The molecular weight excluding hydrogens is 353 g/mol. The predicted molar refractivity (Wildman–Crippen MR) is 88.4 cm³/mol. The van der Waals surface area contributed by atoms with Gasteiger partial charge in [0, 0.05) is 28.4 Å². The molecule has 7 heteroatoms. The molecule has 21 heavy (non-hydrogen) atoms. The minimum atomic E-state index is -3.36. The summed E-state index contributed by atoms with van der Waals surface area (Å²) in [6.07, 6.45) is 1.15. The Labute approximate surface area is 138 Å². The van der Waals surface area contributed by atoms with Gasteiger partial charge in [0.25, 0.3) is 0 Å². The number of rotatable bonds is 4. The summed E-state index contributed by atoms with van der Waals surface area (Å²) in [5.41, 5.74) is 1.16. The summed E-state index contributed by atoms with van der Waals surface area (Å²) in [4.78, 5) is 0.201. The van der Waals surface area contributed by atoms with Crippen molar-refractivity contribution in [3.63, 3.8) is 0 Å². The van der Waals surface area contributed by atoms with Gasteiger partial charge in [-0.1, -0.05) is 40.9 Å². The molecule has 0 saturated carbocycles. The second kappa shape index (κ2) is 6.44. The predicted octanol–water partition coefficient (Wildman–Crippen LogP) is 4.66. The molecule has 0 spiro atoms. The van der Waals surface area contributed by atoms with E-state index in [1.165, 1.54) is 6.07 Å². The van der Waals surface area contributed by atoms with Crippen molar-refractivity contribution in [3.8, 4) is 0 Å². The van der Waals surface area contributed by atoms with Gasteiger partial charge in [0.05, 0.1) is 15.6 Å². The summed E-state index contributed by atoms with van der Waals surface area (Å²) < 4.78 is 23.6. The van der Waals surface area contributed by atoms with Crippen LogP contribution in [0.5, 0.6) is 0 Å². The van der Waals surface area contributed by atoms with Crippen molar-refractivity contribution in [1.29, 1.82) is 0 Å². The van der Waals surface area contributed by atoms with Crippen molar-refractivity contribution in [2.45, 2.75) is 11.4 Å². The highest BCUT2D eigenvalue weighted by atomic mass is 35.5. The lowest BCUT2D eigenvalue weighted by Crippen LogP contribution is -2.08. The Morgan fingerprint density at radius 1 is 1.05 bits per heavy atom. The average molecular weight is 365 g/mol. The van der Waals surface area contributed by atoms with Crippen LogP contribution in [-0.2, 0) is 16.4 Å². The molecule has 0 aliphatic rings. The van der Waals surface area contributed by atoms with E-state index < -0.39 is 9.84 Å². The smallest absolute Gasteiger partial charge is 0.175 e. The van der Waals surface area contributed by atoms with E-state index in [0.29, 0.717) is 26.3 Å². The van der Waals surface area contributed by atoms with E-state index in [9.17, 15) is 8.42 Å². The normalized spacial score (nSPS) is 11.4. The van der Waals surface area contributed by atoms with E-state index in [4.69, 9.17) is 34.8 Å². The zero-order valence-electron chi connectivity index (χ0n) is 11.0. The van der Waals surface area contributed by atoms with Crippen molar-refractivity contribution < 1.29 is 8.42 Å². The van der Waals surface area contributed by atoms with Crippen LogP contribution in [0.4, 0.5) is 5.69 Å². The minimum Gasteiger partial charge on any atom is -0.380 e. The third-order valence-corrected chi connectivity index (χ3v) is 4.95. The van der Waals surface area contributed by atoms with Crippen molar-refractivity contribution in [2.24, 2.45) is 0 Å². The van der Waals surface area contributed by atoms with Crippen molar-refractivity contribution in [1.82, 2.24) is 0 Å². The largest absolute Gasteiger partial charge is 0.380 e. The lowest BCUT2D eigenvalue weighted by atomic mass is 10.2. The molecule has 3 nitrogen and oxygen atoms in total. The Kier molecular flexibility index (Phi) is 5.04. The molecule has 2 aromatic rings. The number of nitrogens with one attached hydrogen (secondary N) is 1. The summed E-state index contributed by atoms with van der Waals surface area (Å²) in [7, 11) is -3.36. The summed E-state index contributed by atoms with van der Waals surface area (Å²) in [6.45, 7) is 0.240. The minimum absolute atomic E-state index is 0.201. The molecule has 1 N–H and O–H groups in total. The zero-order valence-corrected chi connectivity index (χ0v) is 14.1. The van der Waals surface area contributed by atoms with Crippen LogP contribution in [0.2, 0.25) is 15.1 Å². The highest BCUT2D eigenvalue weighted by Gasteiger charge is 2.15. The van der Waals surface area contributed by atoms with Gasteiger partial charge in [0.2, 0.25) is 0 Å². The molecule has 112 valence electrons. The molecular formula is C14H12Cl3NO2S. The van der Waals surface area contributed by atoms with Crippen molar-refractivity contribution in [2.75, 3.05) is 11.6 Å². The quantitative estimate of drug-likeness (QED) is 0.858. The Bertz CT molecular complexity index is 776. The molecule has 0 bridgehead atoms. The fourth-order valence-electron chi connectivity index (χ4n) is 1.87. The highest BCUT2D eigenvalue weighted by Crippen LogP contribution is 2.28.